The molecule has 5 nitrogen and oxygen atoms in total. The molecule has 2 aromatic carbocycles. The lowest BCUT2D eigenvalue weighted by molar-refractivity contribution is -0.130. The zero-order valence-corrected chi connectivity index (χ0v) is 14.7. The second-order valence-corrected chi connectivity index (χ2v) is 6.23. The van der Waals surface area contributed by atoms with Crippen LogP contribution in [0.25, 0.3) is 11.4 Å². The maximum Gasteiger partial charge on any atom is 0.246 e. The number of nitrogens with zero attached hydrogens (tertiary/aromatic N) is 3. The number of hydrogen-bond acceptors (Lipinski definition) is 4. The molecule has 1 amide bonds. The normalized spacial score (nSPS) is 10.7. The minimum Gasteiger partial charge on any atom is -0.337 e. The van der Waals surface area contributed by atoms with Gasteiger partial charge in [0.05, 0.1) is 13.0 Å². The summed E-state index contributed by atoms with van der Waals surface area (Å²) in [7, 11) is 1.75. The molecule has 0 bridgehead atoms. The number of likely N-dealkylation sites (N-methyl/N-ethyl adjacent to an activating group) is 1. The van der Waals surface area contributed by atoms with Crippen LogP contribution in [0.15, 0.2) is 53.1 Å². The molecule has 0 atom stereocenters. The average molecular weight is 335 g/mol. The summed E-state index contributed by atoms with van der Waals surface area (Å²) in [5.41, 5.74) is 4.21. The number of benzene rings is 2. The first-order valence-corrected chi connectivity index (χ1v) is 8.21. The van der Waals surface area contributed by atoms with Crippen molar-refractivity contribution in [3.05, 3.63) is 71.1 Å². The Hall–Kier alpha value is -2.95. The van der Waals surface area contributed by atoms with Crippen LogP contribution in [0.1, 0.15) is 22.6 Å². The maximum atomic E-state index is 12.5. The molecule has 0 spiro atoms. The summed E-state index contributed by atoms with van der Waals surface area (Å²) in [6, 6.07) is 15.8. The average Bonchev–Trinajstić information content (AvgIpc) is 3.07. The monoisotopic (exact) mass is 335 g/mol. The van der Waals surface area contributed by atoms with Gasteiger partial charge in [0.2, 0.25) is 17.6 Å². The van der Waals surface area contributed by atoms with Crippen molar-refractivity contribution in [1.82, 2.24) is 15.0 Å². The molecular formula is C20H21N3O2. The molecule has 3 aromatic rings. The molecular weight excluding hydrogens is 314 g/mol. The van der Waals surface area contributed by atoms with Crippen molar-refractivity contribution in [1.29, 1.82) is 0 Å². The van der Waals surface area contributed by atoms with E-state index < -0.39 is 0 Å². The van der Waals surface area contributed by atoms with Crippen LogP contribution in [0.5, 0.6) is 0 Å². The first-order valence-electron chi connectivity index (χ1n) is 8.21. The highest BCUT2D eigenvalue weighted by Crippen LogP contribution is 2.16. The van der Waals surface area contributed by atoms with Gasteiger partial charge in [-0.15, -0.1) is 0 Å². The van der Waals surface area contributed by atoms with Gasteiger partial charge in [-0.25, -0.2) is 0 Å². The fourth-order valence-corrected chi connectivity index (χ4v) is 2.60. The Morgan fingerprint density at radius 3 is 2.64 bits per heavy atom. The third-order valence-corrected chi connectivity index (χ3v) is 4.14. The molecule has 0 unspecified atom stereocenters. The van der Waals surface area contributed by atoms with Gasteiger partial charge >= 0.3 is 0 Å². The lowest BCUT2D eigenvalue weighted by Gasteiger charge is -2.16. The van der Waals surface area contributed by atoms with E-state index in [1.54, 1.807) is 11.9 Å². The number of aryl methyl sites for hydroxylation is 2. The molecule has 0 aliphatic heterocycles. The summed E-state index contributed by atoms with van der Waals surface area (Å²) in [5, 5.41) is 3.98. The second-order valence-electron chi connectivity index (χ2n) is 6.23. The van der Waals surface area contributed by atoms with Gasteiger partial charge in [-0.1, -0.05) is 59.3 Å². The molecule has 3 rings (SSSR count). The second kappa shape index (κ2) is 7.30. The van der Waals surface area contributed by atoms with Gasteiger partial charge in [0.1, 0.15) is 0 Å². The van der Waals surface area contributed by atoms with Gasteiger partial charge in [0.15, 0.2) is 0 Å². The molecule has 128 valence electrons. The number of carbonyl (C=O) groups is 1. The minimum absolute atomic E-state index is 0.0214. The first-order chi connectivity index (χ1) is 12.0. The molecule has 25 heavy (non-hydrogen) atoms. The number of carbonyl (C=O) groups excluding carboxylic acids is 1. The van der Waals surface area contributed by atoms with Crippen LogP contribution >= 0.6 is 0 Å². The van der Waals surface area contributed by atoms with Gasteiger partial charge in [0, 0.05) is 12.6 Å². The third-order valence-electron chi connectivity index (χ3n) is 4.14. The highest BCUT2D eigenvalue weighted by atomic mass is 16.5. The van der Waals surface area contributed by atoms with E-state index in [1.165, 1.54) is 0 Å². The highest BCUT2D eigenvalue weighted by Gasteiger charge is 2.16. The largest absolute Gasteiger partial charge is 0.337 e. The van der Waals surface area contributed by atoms with E-state index >= 15 is 0 Å². The van der Waals surface area contributed by atoms with Gasteiger partial charge < -0.3 is 9.42 Å². The molecule has 0 N–H and O–H groups in total. The Labute approximate surface area is 147 Å². The molecule has 1 aromatic heterocycles. The Bertz CT molecular complexity index is 872. The van der Waals surface area contributed by atoms with Gasteiger partial charge in [-0.3, -0.25) is 4.79 Å². The highest BCUT2D eigenvalue weighted by molar-refractivity contribution is 5.78. The summed E-state index contributed by atoms with van der Waals surface area (Å²) in [4.78, 5) is 18.5. The predicted molar refractivity (Wildman–Crippen MR) is 95.8 cm³/mol. The molecule has 1 heterocycles. The van der Waals surface area contributed by atoms with Crippen LogP contribution < -0.4 is 0 Å². The lowest BCUT2D eigenvalue weighted by Crippen LogP contribution is -2.28. The quantitative estimate of drug-likeness (QED) is 0.715. The summed E-state index contributed by atoms with van der Waals surface area (Å²) in [5.74, 6) is 0.981. The molecule has 5 heteroatoms. The van der Waals surface area contributed by atoms with Gasteiger partial charge in [-0.05, 0) is 25.0 Å². The first kappa shape index (κ1) is 16.9. The predicted octanol–water partition coefficient (Wildman–Crippen LogP) is 3.55. The van der Waals surface area contributed by atoms with Gasteiger partial charge in [-0.2, -0.15) is 4.98 Å². The smallest absolute Gasteiger partial charge is 0.246 e. The Kier molecular flexibility index (Phi) is 4.93. The van der Waals surface area contributed by atoms with E-state index in [2.05, 4.69) is 22.3 Å². The minimum atomic E-state index is 0.0214. The van der Waals surface area contributed by atoms with Crippen LogP contribution in [0.3, 0.4) is 0 Å². The van der Waals surface area contributed by atoms with Crippen molar-refractivity contribution < 1.29 is 9.32 Å². The molecule has 0 fully saturated rings. The zero-order valence-electron chi connectivity index (χ0n) is 14.7. The van der Waals surface area contributed by atoms with E-state index in [0.717, 1.165) is 22.3 Å². The summed E-state index contributed by atoms with van der Waals surface area (Å²) in [6.45, 7) is 4.34. The number of rotatable bonds is 5. The summed E-state index contributed by atoms with van der Waals surface area (Å²) < 4.78 is 5.28. The van der Waals surface area contributed by atoms with E-state index in [0.29, 0.717) is 24.7 Å². The number of aromatic nitrogens is 2. The lowest BCUT2D eigenvalue weighted by atomic mass is 10.0. The van der Waals surface area contributed by atoms with Crippen molar-refractivity contribution >= 4 is 5.91 Å². The Morgan fingerprint density at radius 1 is 1.12 bits per heavy atom. The SMILES string of the molecule is Cc1ccc(C)c(CC(=O)N(C)Cc2nc(-c3ccccc3)no2)c1. The van der Waals surface area contributed by atoms with E-state index in [-0.39, 0.29) is 5.91 Å². The topological polar surface area (TPSA) is 59.2 Å². The zero-order chi connectivity index (χ0) is 17.8. The van der Waals surface area contributed by atoms with Crippen LogP contribution in [0.2, 0.25) is 0 Å². The fraction of sp³-hybridized carbons (Fsp3) is 0.250. The van der Waals surface area contributed by atoms with E-state index in [4.69, 9.17) is 4.52 Å². The van der Waals surface area contributed by atoms with Crippen molar-refractivity contribution in [3.8, 4) is 11.4 Å². The summed E-state index contributed by atoms with van der Waals surface area (Å²) in [6.07, 6.45) is 0.365. The van der Waals surface area contributed by atoms with Crippen molar-refractivity contribution in [2.24, 2.45) is 0 Å². The van der Waals surface area contributed by atoms with Crippen molar-refractivity contribution in [2.75, 3.05) is 7.05 Å². The molecule has 0 aliphatic rings. The molecule has 0 saturated heterocycles. The number of hydrogen-bond donors (Lipinski definition) is 0. The van der Waals surface area contributed by atoms with E-state index in [9.17, 15) is 4.79 Å². The van der Waals surface area contributed by atoms with Crippen molar-refractivity contribution in [2.45, 2.75) is 26.8 Å². The van der Waals surface area contributed by atoms with Crippen molar-refractivity contribution in [3.63, 3.8) is 0 Å². The van der Waals surface area contributed by atoms with Crippen LogP contribution in [0.4, 0.5) is 0 Å². The Balaban J connectivity index is 1.66. The van der Waals surface area contributed by atoms with E-state index in [1.807, 2.05) is 50.2 Å². The molecule has 0 saturated carbocycles. The third kappa shape index (κ3) is 4.12. The van der Waals surface area contributed by atoms with Crippen LogP contribution in [-0.2, 0) is 17.8 Å². The molecule has 0 radical (unpaired) electrons. The molecule has 0 aliphatic carbocycles. The summed E-state index contributed by atoms with van der Waals surface area (Å²) >= 11 is 0. The maximum absolute atomic E-state index is 12.5. The fourth-order valence-electron chi connectivity index (χ4n) is 2.60. The standard InChI is InChI=1S/C20H21N3O2/c1-14-9-10-15(2)17(11-14)12-19(24)23(3)13-18-21-20(22-25-18)16-7-5-4-6-8-16/h4-11H,12-13H2,1-3H3. The van der Waals surface area contributed by atoms with Crippen LogP contribution in [-0.4, -0.2) is 28.0 Å². The number of amides is 1. The Morgan fingerprint density at radius 2 is 1.88 bits per heavy atom. The van der Waals surface area contributed by atoms with Gasteiger partial charge in [0.25, 0.3) is 0 Å². The van der Waals surface area contributed by atoms with Crippen LogP contribution in [0, 0.1) is 13.8 Å².